The molecule has 28 heavy (non-hydrogen) atoms. The van der Waals surface area contributed by atoms with Crippen molar-refractivity contribution in [2.75, 3.05) is 47.5 Å². The summed E-state index contributed by atoms with van der Waals surface area (Å²) in [6, 6.07) is 4.54. The van der Waals surface area contributed by atoms with Crippen molar-refractivity contribution in [3.05, 3.63) is 17.7 Å². The van der Waals surface area contributed by atoms with E-state index in [0.29, 0.717) is 11.8 Å². The van der Waals surface area contributed by atoms with Gasteiger partial charge in [-0.25, -0.2) is 9.59 Å². The summed E-state index contributed by atoms with van der Waals surface area (Å²) in [4.78, 5) is 23.2. The summed E-state index contributed by atoms with van der Waals surface area (Å²) in [7, 11) is 5.00. The third-order valence-electron chi connectivity index (χ3n) is 4.50. The van der Waals surface area contributed by atoms with E-state index in [9.17, 15) is 0 Å². The van der Waals surface area contributed by atoms with Gasteiger partial charge in [0.2, 0.25) is 0 Å². The average molecular weight is 398 g/mol. The second-order valence-electron chi connectivity index (χ2n) is 6.54. The Labute approximate surface area is 165 Å². The van der Waals surface area contributed by atoms with Crippen LogP contribution in [0.15, 0.2) is 12.1 Å². The molecule has 158 valence electrons. The minimum atomic E-state index is -1.82. The number of carbonyl (C=O) groups is 2. The number of hydrogen-bond donors (Lipinski definition) is 2. The fourth-order valence-electron chi connectivity index (χ4n) is 2.89. The van der Waals surface area contributed by atoms with Gasteiger partial charge in [-0.05, 0) is 19.9 Å². The van der Waals surface area contributed by atoms with Crippen molar-refractivity contribution < 1.29 is 34.0 Å². The fraction of sp³-hybridized carbons (Fsp3) is 0.579. The number of benzene rings is 1. The Kier molecular flexibility index (Phi) is 9.54. The number of piperazine rings is 1. The molecule has 1 aromatic rings. The predicted molar refractivity (Wildman–Crippen MR) is 103 cm³/mol. The third kappa shape index (κ3) is 6.90. The topological polar surface area (TPSA) is 109 Å². The standard InChI is InChI=1S/C17H28N2O3.C2H2O4/c1-13(2)19-8-6-18(7-9-19)12-14-10-16(21-4)17(22-5)11-15(14)20-3;3-1(4)2(5)6/h10-11,13H,6-9,12H2,1-5H3;(H,3,4)(H,5,6). The monoisotopic (exact) mass is 398 g/mol. The van der Waals surface area contributed by atoms with E-state index in [0.717, 1.165) is 49.8 Å². The molecule has 2 rings (SSSR count). The molecule has 0 aromatic heterocycles. The minimum Gasteiger partial charge on any atom is -0.496 e. The van der Waals surface area contributed by atoms with E-state index < -0.39 is 11.9 Å². The Bertz CT molecular complexity index is 644. The maximum absolute atomic E-state index is 9.10. The molecular weight excluding hydrogens is 368 g/mol. The molecule has 0 spiro atoms. The summed E-state index contributed by atoms with van der Waals surface area (Å²) in [5, 5.41) is 14.8. The number of hydrogen-bond acceptors (Lipinski definition) is 7. The zero-order valence-corrected chi connectivity index (χ0v) is 17.1. The Balaban J connectivity index is 0.000000568. The second kappa shape index (κ2) is 11.4. The Hall–Kier alpha value is -2.52. The number of carboxylic acid groups (broad SMARTS) is 2. The van der Waals surface area contributed by atoms with Crippen LogP contribution < -0.4 is 14.2 Å². The largest absolute Gasteiger partial charge is 0.496 e. The van der Waals surface area contributed by atoms with Crippen LogP contribution in [-0.4, -0.2) is 85.5 Å². The lowest BCUT2D eigenvalue weighted by Gasteiger charge is -2.37. The van der Waals surface area contributed by atoms with Gasteiger partial charge in [0, 0.05) is 50.4 Å². The van der Waals surface area contributed by atoms with Crippen molar-refractivity contribution in [3.63, 3.8) is 0 Å². The fourth-order valence-corrected chi connectivity index (χ4v) is 2.89. The van der Waals surface area contributed by atoms with E-state index in [-0.39, 0.29) is 0 Å². The van der Waals surface area contributed by atoms with Gasteiger partial charge in [-0.15, -0.1) is 0 Å². The lowest BCUT2D eigenvalue weighted by atomic mass is 10.1. The maximum Gasteiger partial charge on any atom is 0.414 e. The van der Waals surface area contributed by atoms with Crippen LogP contribution in [0.2, 0.25) is 0 Å². The molecule has 9 nitrogen and oxygen atoms in total. The van der Waals surface area contributed by atoms with Gasteiger partial charge in [0.25, 0.3) is 0 Å². The summed E-state index contributed by atoms with van der Waals surface area (Å²) in [6.45, 7) is 9.78. The van der Waals surface area contributed by atoms with Crippen molar-refractivity contribution in [3.8, 4) is 17.2 Å². The van der Waals surface area contributed by atoms with Crippen LogP contribution in [0, 0.1) is 0 Å². The highest BCUT2D eigenvalue weighted by molar-refractivity contribution is 6.27. The summed E-state index contributed by atoms with van der Waals surface area (Å²) < 4.78 is 16.3. The van der Waals surface area contributed by atoms with Crippen LogP contribution >= 0.6 is 0 Å². The van der Waals surface area contributed by atoms with Gasteiger partial charge in [0.15, 0.2) is 11.5 Å². The van der Waals surface area contributed by atoms with Crippen LogP contribution in [0.3, 0.4) is 0 Å². The van der Waals surface area contributed by atoms with E-state index in [1.54, 1.807) is 21.3 Å². The van der Waals surface area contributed by atoms with Gasteiger partial charge in [-0.3, -0.25) is 9.80 Å². The minimum absolute atomic E-state index is 0.623. The van der Waals surface area contributed by atoms with Crippen LogP contribution in [0.4, 0.5) is 0 Å². The highest BCUT2D eigenvalue weighted by Crippen LogP contribution is 2.35. The zero-order chi connectivity index (χ0) is 21.3. The number of rotatable bonds is 6. The molecule has 0 amide bonds. The van der Waals surface area contributed by atoms with E-state index >= 15 is 0 Å². The van der Waals surface area contributed by atoms with Gasteiger partial charge >= 0.3 is 11.9 Å². The quantitative estimate of drug-likeness (QED) is 0.687. The molecule has 0 unspecified atom stereocenters. The lowest BCUT2D eigenvalue weighted by Crippen LogP contribution is -2.48. The van der Waals surface area contributed by atoms with Gasteiger partial charge in [-0.2, -0.15) is 0 Å². The first-order valence-electron chi connectivity index (χ1n) is 8.94. The molecule has 1 saturated heterocycles. The Morgan fingerprint density at radius 1 is 0.893 bits per heavy atom. The third-order valence-corrected chi connectivity index (χ3v) is 4.50. The molecule has 0 aliphatic carbocycles. The first kappa shape index (κ1) is 23.5. The molecular formula is C19H30N2O7. The van der Waals surface area contributed by atoms with Gasteiger partial charge < -0.3 is 24.4 Å². The summed E-state index contributed by atoms with van der Waals surface area (Å²) in [5.74, 6) is -1.35. The normalized spacial score (nSPS) is 14.8. The molecule has 0 radical (unpaired) electrons. The van der Waals surface area contributed by atoms with Crippen molar-refractivity contribution in [1.82, 2.24) is 9.80 Å². The van der Waals surface area contributed by atoms with E-state index in [1.807, 2.05) is 12.1 Å². The predicted octanol–water partition coefficient (Wildman–Crippen LogP) is 1.39. The maximum atomic E-state index is 9.10. The number of nitrogens with zero attached hydrogens (tertiary/aromatic N) is 2. The SMILES string of the molecule is COc1cc(OC)c(OC)cc1CN1CCN(C(C)C)CC1.O=C(O)C(=O)O. The van der Waals surface area contributed by atoms with Crippen LogP contribution in [0.5, 0.6) is 17.2 Å². The molecule has 1 aliphatic heterocycles. The van der Waals surface area contributed by atoms with Crippen molar-refractivity contribution in [2.45, 2.75) is 26.4 Å². The highest BCUT2D eigenvalue weighted by atomic mass is 16.5. The Morgan fingerprint density at radius 3 is 1.75 bits per heavy atom. The number of methoxy groups -OCH3 is 3. The smallest absolute Gasteiger partial charge is 0.414 e. The van der Waals surface area contributed by atoms with Crippen LogP contribution in [0.1, 0.15) is 19.4 Å². The molecule has 1 aliphatic rings. The molecule has 0 bridgehead atoms. The number of aliphatic carboxylic acids is 2. The lowest BCUT2D eigenvalue weighted by molar-refractivity contribution is -0.159. The Morgan fingerprint density at radius 2 is 1.36 bits per heavy atom. The van der Waals surface area contributed by atoms with Crippen LogP contribution in [0.25, 0.3) is 0 Å². The number of carboxylic acids is 2. The van der Waals surface area contributed by atoms with E-state index in [1.165, 1.54) is 0 Å². The second-order valence-corrected chi connectivity index (χ2v) is 6.54. The number of ether oxygens (including phenoxy) is 3. The molecule has 1 heterocycles. The van der Waals surface area contributed by atoms with Gasteiger partial charge in [0.05, 0.1) is 21.3 Å². The molecule has 0 saturated carbocycles. The average Bonchev–Trinajstić information content (AvgIpc) is 2.68. The van der Waals surface area contributed by atoms with Gasteiger partial charge in [0.1, 0.15) is 5.75 Å². The molecule has 2 N–H and O–H groups in total. The van der Waals surface area contributed by atoms with E-state index in [4.69, 9.17) is 34.0 Å². The molecule has 1 fully saturated rings. The first-order valence-corrected chi connectivity index (χ1v) is 8.94. The van der Waals surface area contributed by atoms with Crippen LogP contribution in [-0.2, 0) is 16.1 Å². The van der Waals surface area contributed by atoms with Crippen molar-refractivity contribution in [1.29, 1.82) is 0 Å². The first-order chi connectivity index (χ1) is 13.2. The highest BCUT2D eigenvalue weighted by Gasteiger charge is 2.21. The van der Waals surface area contributed by atoms with E-state index in [2.05, 4.69) is 23.6 Å². The molecule has 1 aromatic carbocycles. The summed E-state index contributed by atoms with van der Waals surface area (Å²) >= 11 is 0. The van der Waals surface area contributed by atoms with Crippen molar-refractivity contribution >= 4 is 11.9 Å². The van der Waals surface area contributed by atoms with Gasteiger partial charge in [-0.1, -0.05) is 0 Å². The summed E-state index contributed by atoms with van der Waals surface area (Å²) in [5.41, 5.74) is 1.14. The zero-order valence-electron chi connectivity index (χ0n) is 17.1. The van der Waals surface area contributed by atoms with Crippen molar-refractivity contribution in [2.24, 2.45) is 0 Å². The molecule has 0 atom stereocenters. The molecule has 9 heteroatoms. The summed E-state index contributed by atoms with van der Waals surface area (Å²) in [6.07, 6.45) is 0.